The molecule has 2 unspecified atom stereocenters. The number of hydrogen-bond donors (Lipinski definition) is 1. The smallest absolute Gasteiger partial charge is 0.425 e. The van der Waals surface area contributed by atoms with Crippen LogP contribution in [0.4, 0.5) is 13.2 Å². The normalized spacial score (nSPS) is 15.1. The summed E-state index contributed by atoms with van der Waals surface area (Å²) in [5, 5.41) is 3.28. The van der Waals surface area contributed by atoms with Gasteiger partial charge in [-0.05, 0) is 44.5 Å². The molecule has 0 radical (unpaired) electrons. The summed E-state index contributed by atoms with van der Waals surface area (Å²) in [6.45, 7) is 5.91. The number of halogens is 3. The molecule has 1 N–H and O–H groups in total. The van der Waals surface area contributed by atoms with Gasteiger partial charge in [0.1, 0.15) is 5.75 Å². The molecule has 108 valence electrons. The van der Waals surface area contributed by atoms with Gasteiger partial charge < -0.3 is 10.1 Å². The Kier molecular flexibility index (Phi) is 5.66. The molecule has 0 aliphatic rings. The van der Waals surface area contributed by atoms with Crippen LogP contribution in [0.5, 0.6) is 5.75 Å². The maximum atomic E-state index is 12.4. The number of hydrogen-bond acceptors (Lipinski definition) is 2. The Morgan fingerprint density at radius 3 is 2.53 bits per heavy atom. The van der Waals surface area contributed by atoms with Gasteiger partial charge in [-0.3, -0.25) is 0 Å². The van der Waals surface area contributed by atoms with Crippen LogP contribution in [-0.4, -0.2) is 18.8 Å². The highest BCUT2D eigenvalue weighted by Crippen LogP contribution is 2.26. The zero-order valence-electron chi connectivity index (χ0n) is 11.4. The molecule has 1 aromatic carbocycles. The van der Waals surface area contributed by atoms with E-state index in [1.54, 1.807) is 12.1 Å². The fourth-order valence-corrected chi connectivity index (χ4v) is 1.61. The highest BCUT2D eigenvalue weighted by atomic mass is 19.4. The van der Waals surface area contributed by atoms with E-state index >= 15 is 0 Å². The van der Waals surface area contributed by atoms with E-state index in [1.807, 2.05) is 13.0 Å². The molecule has 1 rings (SSSR count). The van der Waals surface area contributed by atoms with Crippen LogP contribution in [0.3, 0.4) is 0 Å². The fourth-order valence-electron chi connectivity index (χ4n) is 1.61. The van der Waals surface area contributed by atoms with E-state index in [0.29, 0.717) is 0 Å². The maximum Gasteiger partial charge on any atom is 0.425 e. The van der Waals surface area contributed by atoms with Crippen molar-refractivity contribution in [3.8, 4) is 5.75 Å². The summed E-state index contributed by atoms with van der Waals surface area (Å²) >= 11 is 0. The van der Waals surface area contributed by atoms with Crippen molar-refractivity contribution in [3.63, 3.8) is 0 Å². The Hall–Kier alpha value is -1.23. The van der Waals surface area contributed by atoms with Crippen LogP contribution < -0.4 is 10.1 Å². The van der Waals surface area contributed by atoms with Crippen LogP contribution in [0, 0.1) is 0 Å². The summed E-state index contributed by atoms with van der Waals surface area (Å²) in [6.07, 6.45) is -5.14. The standard InChI is InChI=1S/C14H20F3NO/c1-4-8-18-10(2)12-6-5-7-13(9-12)19-11(3)14(15,16)17/h5-7,9-11,18H,4,8H2,1-3H3. The molecular weight excluding hydrogens is 255 g/mol. The summed E-state index contributed by atoms with van der Waals surface area (Å²) < 4.78 is 42.2. The molecule has 0 saturated carbocycles. The van der Waals surface area contributed by atoms with E-state index in [2.05, 4.69) is 12.2 Å². The van der Waals surface area contributed by atoms with E-state index in [0.717, 1.165) is 25.5 Å². The van der Waals surface area contributed by atoms with Crippen molar-refractivity contribution in [2.75, 3.05) is 6.54 Å². The lowest BCUT2D eigenvalue weighted by atomic mass is 10.1. The molecule has 2 nitrogen and oxygen atoms in total. The Labute approximate surface area is 112 Å². The van der Waals surface area contributed by atoms with Crippen molar-refractivity contribution >= 4 is 0 Å². The van der Waals surface area contributed by atoms with Crippen molar-refractivity contribution in [3.05, 3.63) is 29.8 Å². The van der Waals surface area contributed by atoms with Gasteiger partial charge in [0.2, 0.25) is 0 Å². The third kappa shape index (κ3) is 5.11. The van der Waals surface area contributed by atoms with Crippen LogP contribution >= 0.6 is 0 Å². The van der Waals surface area contributed by atoms with E-state index in [1.165, 1.54) is 6.07 Å². The van der Waals surface area contributed by atoms with Crippen LogP contribution in [-0.2, 0) is 0 Å². The molecule has 0 aliphatic carbocycles. The monoisotopic (exact) mass is 275 g/mol. The highest BCUT2D eigenvalue weighted by molar-refractivity contribution is 5.30. The van der Waals surface area contributed by atoms with Gasteiger partial charge >= 0.3 is 6.18 Å². The Morgan fingerprint density at radius 1 is 1.26 bits per heavy atom. The maximum absolute atomic E-state index is 12.4. The fraction of sp³-hybridized carbons (Fsp3) is 0.571. The molecule has 0 aliphatic heterocycles. The SMILES string of the molecule is CCCNC(C)c1cccc(OC(C)C(F)(F)F)c1. The van der Waals surface area contributed by atoms with Gasteiger partial charge in [0.05, 0.1) is 0 Å². The molecule has 0 spiro atoms. The van der Waals surface area contributed by atoms with Crippen LogP contribution in [0.15, 0.2) is 24.3 Å². The van der Waals surface area contributed by atoms with Gasteiger partial charge in [0.15, 0.2) is 6.10 Å². The predicted molar refractivity (Wildman–Crippen MR) is 69.3 cm³/mol. The molecule has 2 atom stereocenters. The van der Waals surface area contributed by atoms with Crippen molar-refractivity contribution in [2.45, 2.75) is 45.5 Å². The van der Waals surface area contributed by atoms with Crippen LogP contribution in [0.2, 0.25) is 0 Å². The van der Waals surface area contributed by atoms with Crippen LogP contribution in [0.1, 0.15) is 38.8 Å². The zero-order chi connectivity index (χ0) is 14.5. The quantitative estimate of drug-likeness (QED) is 0.844. The first-order chi connectivity index (χ1) is 8.84. The molecule has 1 aromatic rings. The Morgan fingerprint density at radius 2 is 1.95 bits per heavy atom. The minimum Gasteiger partial charge on any atom is -0.481 e. The second-order valence-electron chi connectivity index (χ2n) is 4.55. The van der Waals surface area contributed by atoms with Crippen molar-refractivity contribution < 1.29 is 17.9 Å². The number of ether oxygens (including phenoxy) is 1. The van der Waals surface area contributed by atoms with E-state index < -0.39 is 12.3 Å². The second-order valence-corrected chi connectivity index (χ2v) is 4.55. The highest BCUT2D eigenvalue weighted by Gasteiger charge is 2.38. The van der Waals surface area contributed by atoms with Gasteiger partial charge in [-0.25, -0.2) is 0 Å². The molecule has 19 heavy (non-hydrogen) atoms. The summed E-state index contributed by atoms with van der Waals surface area (Å²) in [5.74, 6) is 0.243. The van der Waals surface area contributed by atoms with Crippen molar-refractivity contribution in [1.29, 1.82) is 0 Å². The lowest BCUT2D eigenvalue weighted by molar-refractivity contribution is -0.189. The zero-order valence-corrected chi connectivity index (χ0v) is 11.4. The summed E-state index contributed by atoms with van der Waals surface area (Å²) in [6, 6.07) is 6.86. The molecule has 0 heterocycles. The molecule has 0 saturated heterocycles. The Balaban J connectivity index is 2.71. The molecule has 0 bridgehead atoms. The minimum atomic E-state index is -4.35. The number of alkyl halides is 3. The predicted octanol–water partition coefficient (Wildman–Crippen LogP) is 4.08. The first kappa shape index (κ1) is 15.8. The van der Waals surface area contributed by atoms with E-state index in [9.17, 15) is 13.2 Å². The second kappa shape index (κ2) is 6.80. The minimum absolute atomic E-state index is 0.0877. The average Bonchev–Trinajstić information content (AvgIpc) is 2.35. The lowest BCUT2D eigenvalue weighted by Crippen LogP contribution is -2.31. The van der Waals surface area contributed by atoms with Crippen molar-refractivity contribution in [2.24, 2.45) is 0 Å². The van der Waals surface area contributed by atoms with Gasteiger partial charge in [-0.1, -0.05) is 19.1 Å². The largest absolute Gasteiger partial charge is 0.481 e. The topological polar surface area (TPSA) is 21.3 Å². The third-order valence-electron chi connectivity index (χ3n) is 2.83. The first-order valence-corrected chi connectivity index (χ1v) is 6.41. The molecule has 5 heteroatoms. The average molecular weight is 275 g/mol. The number of rotatable bonds is 6. The Bertz CT molecular complexity index is 393. The van der Waals surface area contributed by atoms with Gasteiger partial charge in [-0.2, -0.15) is 13.2 Å². The lowest BCUT2D eigenvalue weighted by Gasteiger charge is -2.19. The molecule has 0 aromatic heterocycles. The molecule has 0 amide bonds. The summed E-state index contributed by atoms with van der Waals surface area (Å²) in [5.41, 5.74) is 0.917. The van der Waals surface area contributed by atoms with Gasteiger partial charge in [0.25, 0.3) is 0 Å². The van der Waals surface area contributed by atoms with E-state index in [4.69, 9.17) is 4.74 Å². The van der Waals surface area contributed by atoms with Gasteiger partial charge in [-0.15, -0.1) is 0 Å². The summed E-state index contributed by atoms with van der Waals surface area (Å²) in [7, 11) is 0. The van der Waals surface area contributed by atoms with Crippen molar-refractivity contribution in [1.82, 2.24) is 5.32 Å². The third-order valence-corrected chi connectivity index (χ3v) is 2.83. The van der Waals surface area contributed by atoms with E-state index in [-0.39, 0.29) is 11.8 Å². The molecule has 0 fully saturated rings. The number of benzene rings is 1. The number of nitrogens with one attached hydrogen (secondary N) is 1. The molecular formula is C14H20F3NO. The van der Waals surface area contributed by atoms with Crippen LogP contribution in [0.25, 0.3) is 0 Å². The summed E-state index contributed by atoms with van der Waals surface area (Å²) in [4.78, 5) is 0. The first-order valence-electron chi connectivity index (χ1n) is 6.41. The van der Waals surface area contributed by atoms with Gasteiger partial charge in [0, 0.05) is 6.04 Å².